The lowest BCUT2D eigenvalue weighted by Crippen LogP contribution is -2.17. The zero-order chi connectivity index (χ0) is 26.1. The molecule has 0 heterocycles. The van der Waals surface area contributed by atoms with Gasteiger partial charge in [-0.2, -0.15) is 5.10 Å². The fraction of sp³-hybridized carbons (Fsp3) is 0.222. The smallest absolute Gasteiger partial charge is 0.338 e. The summed E-state index contributed by atoms with van der Waals surface area (Å²) >= 11 is 2.06. The van der Waals surface area contributed by atoms with Crippen LogP contribution < -0.4 is 14.9 Å². The van der Waals surface area contributed by atoms with Crippen LogP contribution in [0.4, 0.5) is 0 Å². The van der Waals surface area contributed by atoms with Gasteiger partial charge < -0.3 is 19.3 Å². The molecule has 0 atom stereocenters. The largest absolute Gasteiger partial charge is 0.507 e. The molecule has 3 rings (SSSR count). The van der Waals surface area contributed by atoms with Crippen molar-refractivity contribution in [1.29, 1.82) is 0 Å². The summed E-state index contributed by atoms with van der Waals surface area (Å²) in [5.74, 6) is 0.483. The lowest BCUT2D eigenvalue weighted by atomic mass is 10.1. The van der Waals surface area contributed by atoms with E-state index in [2.05, 4.69) is 33.1 Å². The van der Waals surface area contributed by atoms with E-state index < -0.39 is 5.91 Å². The molecule has 3 aromatic carbocycles. The maximum atomic E-state index is 12.3. The minimum absolute atomic E-state index is 0.118. The van der Waals surface area contributed by atoms with E-state index >= 15 is 0 Å². The first kappa shape index (κ1) is 27.0. The highest BCUT2D eigenvalue weighted by Crippen LogP contribution is 2.23. The van der Waals surface area contributed by atoms with Gasteiger partial charge in [-0.1, -0.05) is 13.8 Å². The van der Waals surface area contributed by atoms with Crippen molar-refractivity contribution in [2.24, 2.45) is 11.0 Å². The average molecular weight is 602 g/mol. The van der Waals surface area contributed by atoms with Crippen molar-refractivity contribution in [2.75, 3.05) is 13.7 Å². The molecule has 9 heteroatoms. The van der Waals surface area contributed by atoms with Crippen LogP contribution in [0, 0.1) is 9.49 Å². The number of nitrogens with zero attached hydrogens (tertiary/aromatic N) is 1. The van der Waals surface area contributed by atoms with Crippen molar-refractivity contribution >= 4 is 40.7 Å². The molecule has 3 aromatic rings. The Morgan fingerprint density at radius 1 is 1.08 bits per heavy atom. The van der Waals surface area contributed by atoms with Gasteiger partial charge in [-0.25, -0.2) is 10.2 Å². The van der Waals surface area contributed by atoms with Crippen LogP contribution in [0.1, 0.15) is 45.7 Å². The summed E-state index contributed by atoms with van der Waals surface area (Å²) in [5, 5.41) is 13.9. The number of rotatable bonds is 10. The summed E-state index contributed by atoms with van der Waals surface area (Å²) in [5.41, 5.74) is 4.50. The van der Waals surface area contributed by atoms with Gasteiger partial charge in [0.15, 0.2) is 0 Å². The molecule has 0 bridgehead atoms. The first-order chi connectivity index (χ1) is 17.3. The molecule has 0 fully saturated rings. The van der Waals surface area contributed by atoms with E-state index in [1.807, 2.05) is 19.9 Å². The molecule has 0 aliphatic carbocycles. The minimum atomic E-state index is -0.518. The number of benzene rings is 3. The Bertz CT molecular complexity index is 1240. The number of esters is 1. The predicted octanol–water partition coefficient (Wildman–Crippen LogP) is 5.16. The van der Waals surface area contributed by atoms with Gasteiger partial charge in [0, 0.05) is 9.13 Å². The molecule has 0 aliphatic heterocycles. The lowest BCUT2D eigenvalue weighted by Gasteiger charge is -2.12. The number of hydrogen-bond acceptors (Lipinski definition) is 7. The number of phenolic OH excluding ortho intramolecular Hbond substituents is 1. The average Bonchev–Trinajstić information content (AvgIpc) is 2.87. The summed E-state index contributed by atoms with van der Waals surface area (Å²) in [6.07, 6.45) is 1.49. The molecule has 0 saturated heterocycles. The van der Waals surface area contributed by atoms with Gasteiger partial charge in [0.2, 0.25) is 0 Å². The van der Waals surface area contributed by atoms with Crippen LogP contribution in [0.25, 0.3) is 0 Å². The molecule has 188 valence electrons. The van der Waals surface area contributed by atoms with Crippen LogP contribution in [0.5, 0.6) is 17.2 Å². The summed E-state index contributed by atoms with van der Waals surface area (Å²) in [4.78, 5) is 24.4. The topological polar surface area (TPSA) is 106 Å². The van der Waals surface area contributed by atoms with E-state index in [0.717, 1.165) is 9.13 Å². The van der Waals surface area contributed by atoms with E-state index in [4.69, 9.17) is 14.2 Å². The van der Waals surface area contributed by atoms with Gasteiger partial charge in [0.1, 0.15) is 23.9 Å². The molecular weight excluding hydrogens is 575 g/mol. The first-order valence-electron chi connectivity index (χ1n) is 11.2. The Morgan fingerprint density at radius 2 is 1.83 bits per heavy atom. The zero-order valence-corrected chi connectivity index (χ0v) is 22.3. The van der Waals surface area contributed by atoms with Crippen LogP contribution in [0.3, 0.4) is 0 Å². The SMILES string of the molecule is COc1ccc(/C=N/NC(=O)c2cc(I)ccc2O)cc1COc1ccc(C(=O)OCC(C)C)cc1. The number of aromatic hydroxyl groups is 1. The molecule has 0 unspecified atom stereocenters. The first-order valence-corrected chi connectivity index (χ1v) is 12.2. The van der Waals surface area contributed by atoms with Gasteiger partial charge in [0.05, 0.1) is 31.1 Å². The Balaban J connectivity index is 1.62. The second-order valence-electron chi connectivity index (χ2n) is 8.24. The molecular formula is C27H27IN2O6. The van der Waals surface area contributed by atoms with Gasteiger partial charge in [0.25, 0.3) is 5.91 Å². The number of hydrazone groups is 1. The predicted molar refractivity (Wildman–Crippen MR) is 145 cm³/mol. The van der Waals surface area contributed by atoms with Crippen molar-refractivity contribution in [3.63, 3.8) is 0 Å². The summed E-state index contributed by atoms with van der Waals surface area (Å²) in [6, 6.07) is 16.9. The fourth-order valence-electron chi connectivity index (χ4n) is 3.08. The van der Waals surface area contributed by atoms with Crippen LogP contribution in [0.15, 0.2) is 65.8 Å². The number of hydrogen-bond donors (Lipinski definition) is 2. The van der Waals surface area contributed by atoms with Crippen molar-refractivity contribution in [3.8, 4) is 17.2 Å². The second-order valence-corrected chi connectivity index (χ2v) is 9.48. The molecule has 8 nitrogen and oxygen atoms in total. The highest BCUT2D eigenvalue weighted by atomic mass is 127. The minimum Gasteiger partial charge on any atom is -0.507 e. The van der Waals surface area contributed by atoms with Gasteiger partial charge in [-0.05, 0) is 94.7 Å². The van der Waals surface area contributed by atoms with Gasteiger partial charge >= 0.3 is 5.97 Å². The Hall–Kier alpha value is -3.60. The standard InChI is InChI=1S/C27H27IN2O6/c1-17(2)15-36-27(33)19-5-8-22(9-6-19)35-16-20-12-18(4-11-25(20)34-3)14-29-30-26(32)23-13-21(28)7-10-24(23)31/h4-14,17,31H,15-16H2,1-3H3,(H,30,32)/b29-14+. The molecule has 0 aromatic heterocycles. The Morgan fingerprint density at radius 3 is 2.53 bits per heavy atom. The number of nitrogens with one attached hydrogen (secondary N) is 1. The third kappa shape index (κ3) is 7.70. The van der Waals surface area contributed by atoms with Crippen molar-refractivity contribution in [2.45, 2.75) is 20.5 Å². The zero-order valence-electron chi connectivity index (χ0n) is 20.2. The Kier molecular flexibility index (Phi) is 9.69. The van der Waals surface area contributed by atoms with Crippen LogP contribution in [-0.2, 0) is 11.3 Å². The number of phenols is 1. The normalized spacial score (nSPS) is 10.9. The maximum Gasteiger partial charge on any atom is 0.338 e. The van der Waals surface area contributed by atoms with Crippen LogP contribution in [0.2, 0.25) is 0 Å². The fourth-order valence-corrected chi connectivity index (χ4v) is 3.57. The van der Waals surface area contributed by atoms with E-state index in [9.17, 15) is 14.7 Å². The molecule has 2 N–H and O–H groups in total. The quantitative estimate of drug-likeness (QED) is 0.144. The summed E-state index contributed by atoms with van der Waals surface area (Å²) in [7, 11) is 1.57. The van der Waals surface area contributed by atoms with Gasteiger partial charge in [-0.15, -0.1) is 0 Å². The lowest BCUT2D eigenvalue weighted by molar-refractivity contribution is 0.0458. The third-order valence-electron chi connectivity index (χ3n) is 4.92. The van der Waals surface area contributed by atoms with Crippen molar-refractivity contribution in [3.05, 3.63) is 86.5 Å². The Labute approximate surface area is 223 Å². The monoisotopic (exact) mass is 602 g/mol. The number of carbonyl (C=O) groups excluding carboxylic acids is 2. The number of ether oxygens (including phenoxy) is 3. The molecule has 0 saturated carbocycles. The maximum absolute atomic E-state index is 12.3. The van der Waals surface area contributed by atoms with Crippen LogP contribution in [-0.4, -0.2) is 36.9 Å². The molecule has 0 spiro atoms. The third-order valence-corrected chi connectivity index (χ3v) is 5.59. The van der Waals surface area contributed by atoms with Crippen molar-refractivity contribution < 1.29 is 28.9 Å². The van der Waals surface area contributed by atoms with E-state index in [1.165, 1.54) is 12.3 Å². The molecule has 36 heavy (non-hydrogen) atoms. The van der Waals surface area contributed by atoms with E-state index in [-0.39, 0.29) is 29.8 Å². The number of amides is 1. The summed E-state index contributed by atoms with van der Waals surface area (Å²) < 4.78 is 17.4. The molecule has 0 radical (unpaired) electrons. The number of halogens is 1. The number of carbonyl (C=O) groups is 2. The van der Waals surface area contributed by atoms with E-state index in [0.29, 0.717) is 29.2 Å². The summed E-state index contributed by atoms with van der Waals surface area (Å²) in [6.45, 7) is 4.54. The van der Waals surface area contributed by atoms with Gasteiger partial charge in [-0.3, -0.25) is 4.79 Å². The highest BCUT2D eigenvalue weighted by Gasteiger charge is 2.11. The molecule has 0 aliphatic rings. The second kappa shape index (κ2) is 12.9. The van der Waals surface area contributed by atoms with Crippen LogP contribution >= 0.6 is 22.6 Å². The number of methoxy groups -OCH3 is 1. The highest BCUT2D eigenvalue weighted by molar-refractivity contribution is 14.1. The van der Waals surface area contributed by atoms with Crippen molar-refractivity contribution in [1.82, 2.24) is 5.43 Å². The van der Waals surface area contributed by atoms with E-state index in [1.54, 1.807) is 55.6 Å². The molecule has 1 amide bonds.